The van der Waals surface area contributed by atoms with E-state index in [1.165, 1.54) is 0 Å². The highest BCUT2D eigenvalue weighted by Gasteiger charge is 2.53. The van der Waals surface area contributed by atoms with Crippen molar-refractivity contribution in [2.75, 3.05) is 18.1 Å². The van der Waals surface area contributed by atoms with Crippen molar-refractivity contribution in [3.63, 3.8) is 0 Å². The number of hydrogen-bond acceptors (Lipinski definition) is 4. The zero-order valence-electron chi connectivity index (χ0n) is 10.8. The Kier molecular flexibility index (Phi) is 3.81. The first-order chi connectivity index (χ1) is 8.72. The van der Waals surface area contributed by atoms with Crippen LogP contribution in [0, 0.1) is 5.41 Å². The molecule has 0 amide bonds. The van der Waals surface area contributed by atoms with Crippen LogP contribution >= 0.6 is 15.9 Å². The fourth-order valence-electron chi connectivity index (χ4n) is 2.76. The third-order valence-electron chi connectivity index (χ3n) is 4.20. The molecule has 2 rings (SSSR count). The van der Waals surface area contributed by atoms with Crippen molar-refractivity contribution in [1.82, 2.24) is 0 Å². The topological polar surface area (TPSA) is 80.4 Å². The predicted molar refractivity (Wildman–Crippen MR) is 78.5 cm³/mol. The van der Waals surface area contributed by atoms with E-state index in [4.69, 9.17) is 5.73 Å². The van der Waals surface area contributed by atoms with Crippen molar-refractivity contribution in [2.24, 2.45) is 11.1 Å². The van der Waals surface area contributed by atoms with Crippen LogP contribution < -0.4 is 5.73 Å². The Morgan fingerprint density at radius 3 is 2.68 bits per heavy atom. The maximum Gasteiger partial charge on any atom is 0.151 e. The fourth-order valence-corrected chi connectivity index (χ4v) is 5.39. The van der Waals surface area contributed by atoms with Gasteiger partial charge in [0.15, 0.2) is 9.84 Å². The summed E-state index contributed by atoms with van der Waals surface area (Å²) in [5.74, 6) is 0.0321. The molecule has 1 aromatic carbocycles. The van der Waals surface area contributed by atoms with E-state index >= 15 is 0 Å². The van der Waals surface area contributed by atoms with Gasteiger partial charge in [0.1, 0.15) is 0 Å². The summed E-state index contributed by atoms with van der Waals surface area (Å²) in [6, 6.07) is 7.29. The molecule has 19 heavy (non-hydrogen) atoms. The lowest BCUT2D eigenvalue weighted by atomic mass is 9.69. The molecule has 2 atom stereocenters. The summed E-state index contributed by atoms with van der Waals surface area (Å²) >= 11 is 3.36. The largest absolute Gasteiger partial charge is 0.385 e. The first-order valence-corrected chi connectivity index (χ1v) is 8.73. The van der Waals surface area contributed by atoms with Gasteiger partial charge in [-0.1, -0.05) is 28.1 Å². The van der Waals surface area contributed by atoms with E-state index in [9.17, 15) is 13.5 Å². The molecular formula is C13H18BrNO3S. The third kappa shape index (κ3) is 2.59. The van der Waals surface area contributed by atoms with Crippen LogP contribution in [0.15, 0.2) is 28.7 Å². The molecule has 106 valence electrons. The maximum absolute atomic E-state index is 11.8. The minimum atomic E-state index is -3.12. The van der Waals surface area contributed by atoms with E-state index in [0.29, 0.717) is 12.0 Å². The quantitative estimate of drug-likeness (QED) is 0.866. The molecule has 3 N–H and O–H groups in total. The third-order valence-corrected chi connectivity index (χ3v) is 6.51. The molecule has 0 spiro atoms. The summed E-state index contributed by atoms with van der Waals surface area (Å²) in [6.07, 6.45) is 0.394. The Bertz CT molecular complexity index is 585. The SMILES string of the molecule is CC(O)(c1cccc(Br)c1)C1(CN)CCS(=O)(=O)C1. The lowest BCUT2D eigenvalue weighted by molar-refractivity contribution is -0.0583. The number of nitrogens with two attached hydrogens (primary N) is 1. The Balaban J connectivity index is 2.48. The highest BCUT2D eigenvalue weighted by molar-refractivity contribution is 9.10. The number of benzene rings is 1. The van der Waals surface area contributed by atoms with Crippen LogP contribution in [0.5, 0.6) is 0 Å². The van der Waals surface area contributed by atoms with Crippen LogP contribution in [0.3, 0.4) is 0 Å². The second-order valence-corrected chi connectivity index (χ2v) is 8.51. The average molecular weight is 348 g/mol. The van der Waals surface area contributed by atoms with Crippen LogP contribution in [0.1, 0.15) is 18.9 Å². The highest BCUT2D eigenvalue weighted by atomic mass is 79.9. The molecule has 0 bridgehead atoms. The second kappa shape index (κ2) is 4.84. The normalized spacial score (nSPS) is 29.1. The Labute approximate surface area is 122 Å². The van der Waals surface area contributed by atoms with Crippen molar-refractivity contribution in [3.05, 3.63) is 34.3 Å². The van der Waals surface area contributed by atoms with E-state index in [1.807, 2.05) is 18.2 Å². The van der Waals surface area contributed by atoms with Gasteiger partial charge in [0.25, 0.3) is 0 Å². The number of rotatable bonds is 3. The summed E-state index contributed by atoms with van der Waals surface area (Å²) < 4.78 is 24.4. The molecule has 6 heteroatoms. The van der Waals surface area contributed by atoms with Gasteiger partial charge in [0.05, 0.1) is 17.1 Å². The van der Waals surface area contributed by atoms with Crippen LogP contribution in [0.4, 0.5) is 0 Å². The van der Waals surface area contributed by atoms with Crippen molar-refractivity contribution >= 4 is 25.8 Å². The lowest BCUT2D eigenvalue weighted by Gasteiger charge is -2.41. The summed E-state index contributed by atoms with van der Waals surface area (Å²) in [7, 11) is -3.12. The van der Waals surface area contributed by atoms with Gasteiger partial charge in [0.2, 0.25) is 0 Å². The Morgan fingerprint density at radius 1 is 1.53 bits per heavy atom. The lowest BCUT2D eigenvalue weighted by Crippen LogP contribution is -2.49. The van der Waals surface area contributed by atoms with E-state index in [2.05, 4.69) is 15.9 Å². The number of hydrogen-bond donors (Lipinski definition) is 2. The molecular weight excluding hydrogens is 330 g/mol. The Morgan fingerprint density at radius 2 is 2.21 bits per heavy atom. The van der Waals surface area contributed by atoms with Crippen molar-refractivity contribution in [1.29, 1.82) is 0 Å². The summed E-state index contributed by atoms with van der Waals surface area (Å²) in [5, 5.41) is 10.9. The Hall–Kier alpha value is -0.430. The van der Waals surface area contributed by atoms with Gasteiger partial charge in [-0.25, -0.2) is 8.42 Å². The summed E-state index contributed by atoms with van der Waals surface area (Å²) in [6.45, 7) is 1.80. The summed E-state index contributed by atoms with van der Waals surface area (Å²) in [5.41, 5.74) is 4.42. The number of sulfone groups is 1. The molecule has 4 nitrogen and oxygen atoms in total. The van der Waals surface area contributed by atoms with E-state index in [1.54, 1.807) is 13.0 Å². The van der Waals surface area contributed by atoms with Crippen LogP contribution in [-0.2, 0) is 15.4 Å². The fraction of sp³-hybridized carbons (Fsp3) is 0.538. The molecule has 0 aliphatic carbocycles. The standard InChI is InChI=1S/C13H18BrNO3S/c1-12(16,10-3-2-4-11(14)7-10)13(8-15)5-6-19(17,18)9-13/h2-4,7,16H,5-6,8-9,15H2,1H3. The molecule has 1 heterocycles. The predicted octanol–water partition coefficient (Wildman–Crippen LogP) is 1.42. The molecule has 2 unspecified atom stereocenters. The zero-order valence-corrected chi connectivity index (χ0v) is 13.2. The van der Waals surface area contributed by atoms with E-state index < -0.39 is 20.9 Å². The summed E-state index contributed by atoms with van der Waals surface area (Å²) in [4.78, 5) is 0. The minimum Gasteiger partial charge on any atom is -0.385 e. The van der Waals surface area contributed by atoms with Gasteiger partial charge in [-0.3, -0.25) is 0 Å². The van der Waals surface area contributed by atoms with Gasteiger partial charge in [-0.15, -0.1) is 0 Å². The second-order valence-electron chi connectivity index (χ2n) is 5.41. The van der Waals surface area contributed by atoms with Crippen LogP contribution in [-0.4, -0.2) is 31.6 Å². The molecule has 1 saturated heterocycles. The first-order valence-electron chi connectivity index (χ1n) is 6.11. The molecule has 1 aliphatic rings. The molecule has 0 radical (unpaired) electrons. The molecule has 0 aromatic heterocycles. The highest BCUT2D eigenvalue weighted by Crippen LogP contribution is 2.47. The van der Waals surface area contributed by atoms with Gasteiger partial charge in [-0.05, 0) is 31.0 Å². The van der Waals surface area contributed by atoms with E-state index in [-0.39, 0.29) is 18.1 Å². The maximum atomic E-state index is 11.8. The van der Waals surface area contributed by atoms with Crippen LogP contribution in [0.25, 0.3) is 0 Å². The number of aliphatic hydroxyl groups is 1. The monoisotopic (exact) mass is 347 g/mol. The zero-order chi connectivity index (χ0) is 14.3. The first kappa shape index (κ1) is 15.0. The van der Waals surface area contributed by atoms with Crippen molar-refractivity contribution < 1.29 is 13.5 Å². The van der Waals surface area contributed by atoms with Gasteiger partial charge in [0, 0.05) is 16.4 Å². The average Bonchev–Trinajstić information content (AvgIpc) is 2.67. The minimum absolute atomic E-state index is 0.0595. The molecule has 0 saturated carbocycles. The molecule has 1 fully saturated rings. The van der Waals surface area contributed by atoms with Crippen molar-refractivity contribution in [3.8, 4) is 0 Å². The molecule has 1 aliphatic heterocycles. The van der Waals surface area contributed by atoms with Gasteiger partial charge < -0.3 is 10.8 Å². The van der Waals surface area contributed by atoms with Gasteiger partial charge >= 0.3 is 0 Å². The van der Waals surface area contributed by atoms with Crippen LogP contribution in [0.2, 0.25) is 0 Å². The number of halogens is 1. The van der Waals surface area contributed by atoms with Gasteiger partial charge in [-0.2, -0.15) is 0 Å². The van der Waals surface area contributed by atoms with Crippen molar-refractivity contribution in [2.45, 2.75) is 18.9 Å². The van der Waals surface area contributed by atoms with E-state index in [0.717, 1.165) is 4.47 Å². The molecule has 1 aromatic rings. The smallest absolute Gasteiger partial charge is 0.151 e.